The van der Waals surface area contributed by atoms with Gasteiger partial charge in [-0.25, -0.2) is 8.42 Å². The van der Waals surface area contributed by atoms with E-state index in [9.17, 15) is 13.5 Å². The summed E-state index contributed by atoms with van der Waals surface area (Å²) in [5.74, 6) is 0.234. The van der Waals surface area contributed by atoms with Crippen LogP contribution in [0.1, 0.15) is 24.8 Å². The first kappa shape index (κ1) is 12.1. The zero-order valence-corrected chi connectivity index (χ0v) is 10.6. The lowest BCUT2D eigenvalue weighted by Gasteiger charge is -2.26. The molecule has 5 heteroatoms. The fourth-order valence-corrected chi connectivity index (χ4v) is 4.88. The largest absolute Gasteiger partial charge is 0.391 e. The summed E-state index contributed by atoms with van der Waals surface area (Å²) in [6.45, 7) is 0. The van der Waals surface area contributed by atoms with Crippen molar-refractivity contribution in [3.8, 4) is 0 Å². The van der Waals surface area contributed by atoms with E-state index < -0.39 is 21.2 Å². The summed E-state index contributed by atoms with van der Waals surface area (Å²) < 4.78 is 23.6. The molecule has 2 heterocycles. The van der Waals surface area contributed by atoms with Gasteiger partial charge in [0.25, 0.3) is 0 Å². The zero-order chi connectivity index (χ0) is 11.6. The van der Waals surface area contributed by atoms with Gasteiger partial charge in [0.15, 0.2) is 9.84 Å². The SMILES string of the molecule is O=S1(=O)CCCCC1C(O)Cc1ccsc1. The van der Waals surface area contributed by atoms with Crippen LogP contribution in [0.2, 0.25) is 0 Å². The number of aliphatic hydroxyl groups excluding tert-OH is 1. The number of rotatable bonds is 3. The number of sulfone groups is 1. The van der Waals surface area contributed by atoms with Crippen molar-refractivity contribution in [2.45, 2.75) is 37.0 Å². The van der Waals surface area contributed by atoms with Gasteiger partial charge in [0, 0.05) is 6.42 Å². The molecule has 1 aliphatic heterocycles. The molecule has 1 saturated heterocycles. The molecule has 1 N–H and O–H groups in total. The molecule has 1 aromatic rings. The van der Waals surface area contributed by atoms with Crippen LogP contribution in [0.4, 0.5) is 0 Å². The maximum Gasteiger partial charge on any atom is 0.155 e. The smallest absolute Gasteiger partial charge is 0.155 e. The van der Waals surface area contributed by atoms with E-state index in [-0.39, 0.29) is 5.75 Å². The summed E-state index contributed by atoms with van der Waals surface area (Å²) >= 11 is 1.57. The topological polar surface area (TPSA) is 54.4 Å². The van der Waals surface area contributed by atoms with Crippen molar-refractivity contribution >= 4 is 21.2 Å². The highest BCUT2D eigenvalue weighted by Crippen LogP contribution is 2.24. The zero-order valence-electron chi connectivity index (χ0n) is 9.00. The number of aliphatic hydroxyl groups is 1. The van der Waals surface area contributed by atoms with E-state index in [1.165, 1.54) is 0 Å². The molecule has 0 spiro atoms. The van der Waals surface area contributed by atoms with Crippen molar-refractivity contribution in [2.75, 3.05) is 5.75 Å². The van der Waals surface area contributed by atoms with Crippen LogP contribution in [0, 0.1) is 0 Å². The van der Waals surface area contributed by atoms with Gasteiger partial charge in [0.1, 0.15) is 0 Å². The number of hydrogen-bond donors (Lipinski definition) is 1. The van der Waals surface area contributed by atoms with Crippen molar-refractivity contribution in [1.82, 2.24) is 0 Å². The van der Waals surface area contributed by atoms with E-state index in [1.807, 2.05) is 16.8 Å². The third-order valence-electron chi connectivity index (χ3n) is 3.08. The summed E-state index contributed by atoms with van der Waals surface area (Å²) in [5.41, 5.74) is 1.03. The van der Waals surface area contributed by atoms with Gasteiger partial charge in [-0.15, -0.1) is 0 Å². The molecule has 0 saturated carbocycles. The average molecular weight is 260 g/mol. The third-order valence-corrected chi connectivity index (χ3v) is 6.15. The molecule has 16 heavy (non-hydrogen) atoms. The van der Waals surface area contributed by atoms with Crippen LogP contribution in [0.15, 0.2) is 16.8 Å². The first-order valence-electron chi connectivity index (χ1n) is 5.50. The number of thiophene rings is 1. The Morgan fingerprint density at radius 3 is 2.94 bits per heavy atom. The molecule has 3 nitrogen and oxygen atoms in total. The van der Waals surface area contributed by atoms with E-state index in [0.29, 0.717) is 12.8 Å². The van der Waals surface area contributed by atoms with Crippen LogP contribution in [0.25, 0.3) is 0 Å². The predicted octanol–water partition coefficient (Wildman–Crippen LogP) is 1.62. The molecule has 1 fully saturated rings. The Kier molecular flexibility index (Phi) is 3.66. The standard InChI is InChI=1S/C11H16O3S2/c12-10(7-9-4-5-15-8-9)11-3-1-2-6-16(11,13)14/h4-5,8,10-12H,1-3,6-7H2. The van der Waals surface area contributed by atoms with Crippen LogP contribution in [-0.4, -0.2) is 30.6 Å². The van der Waals surface area contributed by atoms with Crippen LogP contribution < -0.4 is 0 Å². The highest BCUT2D eigenvalue weighted by Gasteiger charge is 2.34. The maximum atomic E-state index is 11.8. The molecular formula is C11H16O3S2. The second kappa shape index (κ2) is 4.85. The van der Waals surface area contributed by atoms with Gasteiger partial charge in [-0.2, -0.15) is 11.3 Å². The first-order valence-corrected chi connectivity index (χ1v) is 8.16. The molecule has 1 aromatic heterocycles. The summed E-state index contributed by atoms with van der Waals surface area (Å²) in [6.07, 6.45) is 1.95. The molecule has 0 aliphatic carbocycles. The lowest BCUT2D eigenvalue weighted by Crippen LogP contribution is -2.39. The maximum absolute atomic E-state index is 11.8. The van der Waals surface area contributed by atoms with Crippen molar-refractivity contribution < 1.29 is 13.5 Å². The Hall–Kier alpha value is -0.390. The molecule has 2 unspecified atom stereocenters. The fourth-order valence-electron chi connectivity index (χ4n) is 2.19. The van der Waals surface area contributed by atoms with E-state index in [2.05, 4.69) is 0 Å². The Balaban J connectivity index is 2.06. The Morgan fingerprint density at radius 1 is 1.50 bits per heavy atom. The van der Waals surface area contributed by atoms with Gasteiger partial charge < -0.3 is 5.11 Å². The van der Waals surface area contributed by atoms with Crippen LogP contribution >= 0.6 is 11.3 Å². The Bertz CT molecular complexity index is 422. The quantitative estimate of drug-likeness (QED) is 0.898. The second-order valence-electron chi connectivity index (χ2n) is 4.30. The summed E-state index contributed by atoms with van der Waals surface area (Å²) in [7, 11) is -3.07. The minimum absolute atomic E-state index is 0.234. The van der Waals surface area contributed by atoms with Crippen molar-refractivity contribution in [1.29, 1.82) is 0 Å². The van der Waals surface area contributed by atoms with Crippen molar-refractivity contribution in [3.63, 3.8) is 0 Å². The van der Waals surface area contributed by atoms with Gasteiger partial charge in [0.2, 0.25) is 0 Å². The molecule has 0 bridgehead atoms. The van der Waals surface area contributed by atoms with E-state index >= 15 is 0 Å². The second-order valence-corrected chi connectivity index (χ2v) is 7.42. The fraction of sp³-hybridized carbons (Fsp3) is 0.636. The van der Waals surface area contributed by atoms with E-state index in [1.54, 1.807) is 11.3 Å². The summed E-state index contributed by atoms with van der Waals surface area (Å²) in [6, 6.07) is 1.93. The monoisotopic (exact) mass is 260 g/mol. The highest BCUT2D eigenvalue weighted by molar-refractivity contribution is 7.92. The molecule has 2 atom stereocenters. The molecular weight excluding hydrogens is 244 g/mol. The lowest BCUT2D eigenvalue weighted by atomic mass is 10.0. The normalized spacial score (nSPS) is 26.4. The van der Waals surface area contributed by atoms with Crippen LogP contribution in [-0.2, 0) is 16.3 Å². The summed E-state index contributed by atoms with van der Waals surface area (Å²) in [4.78, 5) is 0. The molecule has 2 rings (SSSR count). The van der Waals surface area contributed by atoms with Crippen LogP contribution in [0.5, 0.6) is 0 Å². The minimum atomic E-state index is -3.07. The van der Waals surface area contributed by atoms with E-state index in [4.69, 9.17) is 0 Å². The molecule has 0 radical (unpaired) electrons. The first-order chi connectivity index (χ1) is 7.59. The van der Waals surface area contributed by atoms with Gasteiger partial charge in [0.05, 0.1) is 17.1 Å². The minimum Gasteiger partial charge on any atom is -0.391 e. The Labute approximate surface area is 100 Å². The van der Waals surface area contributed by atoms with Crippen molar-refractivity contribution in [2.24, 2.45) is 0 Å². The van der Waals surface area contributed by atoms with E-state index in [0.717, 1.165) is 18.4 Å². The molecule has 0 aromatic carbocycles. The number of hydrogen-bond acceptors (Lipinski definition) is 4. The molecule has 1 aliphatic rings. The van der Waals surface area contributed by atoms with Gasteiger partial charge in [-0.1, -0.05) is 6.42 Å². The Morgan fingerprint density at radius 2 is 2.31 bits per heavy atom. The van der Waals surface area contributed by atoms with Crippen LogP contribution in [0.3, 0.4) is 0 Å². The predicted molar refractivity (Wildman–Crippen MR) is 65.5 cm³/mol. The van der Waals surface area contributed by atoms with Gasteiger partial charge in [-0.05, 0) is 35.2 Å². The lowest BCUT2D eigenvalue weighted by molar-refractivity contribution is 0.162. The van der Waals surface area contributed by atoms with Crippen molar-refractivity contribution in [3.05, 3.63) is 22.4 Å². The van der Waals surface area contributed by atoms with Gasteiger partial charge in [-0.3, -0.25) is 0 Å². The molecule has 90 valence electrons. The summed E-state index contributed by atoms with van der Waals surface area (Å²) in [5, 5.41) is 13.4. The average Bonchev–Trinajstić information content (AvgIpc) is 2.69. The highest BCUT2D eigenvalue weighted by atomic mass is 32.2. The third kappa shape index (κ3) is 2.64. The molecule has 0 amide bonds. The van der Waals surface area contributed by atoms with Gasteiger partial charge >= 0.3 is 0 Å².